The lowest BCUT2D eigenvalue weighted by Gasteiger charge is -2.14. The Labute approximate surface area is 122 Å². The molecule has 0 amide bonds. The Morgan fingerprint density at radius 3 is 1.85 bits per heavy atom. The highest BCUT2D eigenvalue weighted by atomic mass is 16.6. The zero-order chi connectivity index (χ0) is 16.0. The van der Waals surface area contributed by atoms with Gasteiger partial charge >= 0.3 is 5.97 Å². The first-order chi connectivity index (χ1) is 9.42. The molecule has 0 saturated heterocycles. The van der Waals surface area contributed by atoms with E-state index in [-0.39, 0.29) is 18.8 Å². The third kappa shape index (κ3) is 13.5. The van der Waals surface area contributed by atoms with Gasteiger partial charge in [0, 0.05) is 34.0 Å². The Kier molecular flexibility index (Phi) is 15.4. The lowest BCUT2D eigenvalue weighted by atomic mass is 10.3. The lowest BCUT2D eigenvalue weighted by Crippen LogP contribution is -2.25. The Balaban J connectivity index is 0. The van der Waals surface area contributed by atoms with Gasteiger partial charge in [-0.15, -0.1) is 0 Å². The molecular weight excluding hydrogens is 264 g/mol. The number of rotatable bonds is 9. The topological polar surface area (TPSA) is 63.2 Å². The third-order valence-corrected chi connectivity index (χ3v) is 2.24. The summed E-state index contributed by atoms with van der Waals surface area (Å²) in [5, 5.41) is 0. The molecule has 120 valence electrons. The fraction of sp³-hybridized carbons (Fsp3) is 0.786. The first-order valence-electron chi connectivity index (χ1n) is 6.28. The van der Waals surface area contributed by atoms with Gasteiger partial charge in [0.1, 0.15) is 12.7 Å². The number of hydrogen-bond acceptors (Lipinski definition) is 6. The van der Waals surface area contributed by atoms with Crippen molar-refractivity contribution in [2.24, 2.45) is 0 Å². The SMILES string of the molecule is C=C(C)C(=O)OCC(COC)OC.COCC(C)OC. The van der Waals surface area contributed by atoms with Crippen LogP contribution >= 0.6 is 0 Å². The molecule has 0 aromatic carbocycles. The summed E-state index contributed by atoms with van der Waals surface area (Å²) < 4.78 is 24.3. The molecule has 0 aromatic heterocycles. The molecule has 0 rings (SSSR count). The molecule has 0 saturated carbocycles. The molecule has 6 nitrogen and oxygen atoms in total. The summed E-state index contributed by atoms with van der Waals surface area (Å²) >= 11 is 0. The number of carbonyl (C=O) groups is 1. The lowest BCUT2D eigenvalue weighted by molar-refractivity contribution is -0.143. The molecule has 0 fully saturated rings. The predicted octanol–water partition coefficient (Wildman–Crippen LogP) is 1.43. The van der Waals surface area contributed by atoms with Gasteiger partial charge in [0.05, 0.1) is 19.3 Å². The van der Waals surface area contributed by atoms with Crippen LogP contribution in [0.2, 0.25) is 0 Å². The Bertz CT molecular complexity index is 254. The van der Waals surface area contributed by atoms with Gasteiger partial charge in [0.25, 0.3) is 0 Å². The van der Waals surface area contributed by atoms with E-state index in [0.29, 0.717) is 18.8 Å². The molecule has 0 aromatic rings. The fourth-order valence-electron chi connectivity index (χ4n) is 0.965. The molecule has 6 heteroatoms. The summed E-state index contributed by atoms with van der Waals surface area (Å²) in [6.45, 7) is 8.29. The summed E-state index contributed by atoms with van der Waals surface area (Å²) in [4.78, 5) is 10.9. The number of hydrogen-bond donors (Lipinski definition) is 0. The normalized spacial score (nSPS) is 12.9. The number of esters is 1. The van der Waals surface area contributed by atoms with Crippen LogP contribution in [0.5, 0.6) is 0 Å². The maximum Gasteiger partial charge on any atom is 0.333 e. The minimum Gasteiger partial charge on any atom is -0.459 e. The number of methoxy groups -OCH3 is 4. The molecule has 0 spiro atoms. The standard InChI is InChI=1S/C9H16O4.C5H12O2/c1-7(2)9(10)13-6-8(12-4)5-11-3;1-5(7-3)4-6-2/h8H,1,5-6H2,2-4H3;5H,4H2,1-3H3. The summed E-state index contributed by atoms with van der Waals surface area (Å²) in [7, 11) is 6.43. The van der Waals surface area contributed by atoms with Gasteiger partial charge in [-0.25, -0.2) is 4.79 Å². The van der Waals surface area contributed by atoms with Crippen molar-refractivity contribution in [3.8, 4) is 0 Å². The van der Waals surface area contributed by atoms with E-state index in [1.165, 1.54) is 7.11 Å². The molecule has 20 heavy (non-hydrogen) atoms. The summed E-state index contributed by atoms with van der Waals surface area (Å²) in [6, 6.07) is 0. The van der Waals surface area contributed by atoms with Crippen LogP contribution in [0.15, 0.2) is 12.2 Å². The van der Waals surface area contributed by atoms with Gasteiger partial charge in [-0.1, -0.05) is 6.58 Å². The fourth-order valence-corrected chi connectivity index (χ4v) is 0.965. The van der Waals surface area contributed by atoms with Gasteiger partial charge in [-0.05, 0) is 13.8 Å². The van der Waals surface area contributed by atoms with Gasteiger partial charge in [-0.2, -0.15) is 0 Å². The molecule has 0 aliphatic rings. The van der Waals surface area contributed by atoms with Crippen LogP contribution in [0, 0.1) is 0 Å². The second kappa shape index (κ2) is 14.5. The molecule has 0 aliphatic heterocycles. The van der Waals surface area contributed by atoms with E-state index in [1.807, 2.05) is 6.92 Å². The van der Waals surface area contributed by atoms with E-state index in [0.717, 1.165) is 0 Å². The molecule has 0 bridgehead atoms. The average molecular weight is 292 g/mol. The van der Waals surface area contributed by atoms with Crippen molar-refractivity contribution in [3.63, 3.8) is 0 Å². The third-order valence-electron chi connectivity index (χ3n) is 2.24. The predicted molar refractivity (Wildman–Crippen MR) is 76.8 cm³/mol. The molecule has 0 radical (unpaired) electrons. The van der Waals surface area contributed by atoms with E-state index in [4.69, 9.17) is 23.7 Å². The Morgan fingerprint density at radius 2 is 1.55 bits per heavy atom. The smallest absolute Gasteiger partial charge is 0.333 e. The molecule has 0 aliphatic carbocycles. The van der Waals surface area contributed by atoms with Crippen molar-refractivity contribution in [2.45, 2.75) is 26.1 Å². The van der Waals surface area contributed by atoms with Gasteiger partial charge < -0.3 is 23.7 Å². The maximum atomic E-state index is 10.9. The largest absolute Gasteiger partial charge is 0.459 e. The first-order valence-corrected chi connectivity index (χ1v) is 6.28. The van der Waals surface area contributed by atoms with E-state index >= 15 is 0 Å². The van der Waals surface area contributed by atoms with Crippen LogP contribution < -0.4 is 0 Å². The second-order valence-corrected chi connectivity index (χ2v) is 4.19. The van der Waals surface area contributed by atoms with E-state index in [1.54, 1.807) is 28.3 Å². The van der Waals surface area contributed by atoms with Crippen LogP contribution in [0.1, 0.15) is 13.8 Å². The van der Waals surface area contributed by atoms with Crippen LogP contribution in [-0.4, -0.2) is 66.4 Å². The van der Waals surface area contributed by atoms with Gasteiger partial charge in [0.15, 0.2) is 0 Å². The minimum absolute atomic E-state index is 0.191. The van der Waals surface area contributed by atoms with Crippen molar-refractivity contribution in [1.29, 1.82) is 0 Å². The quantitative estimate of drug-likeness (QED) is 0.473. The molecule has 0 N–H and O–H groups in total. The molecular formula is C14H28O6. The molecule has 2 unspecified atom stereocenters. The van der Waals surface area contributed by atoms with E-state index in [9.17, 15) is 4.79 Å². The van der Waals surface area contributed by atoms with Gasteiger partial charge in [0.2, 0.25) is 0 Å². The van der Waals surface area contributed by atoms with Crippen LogP contribution in [-0.2, 0) is 28.5 Å². The van der Waals surface area contributed by atoms with E-state index < -0.39 is 5.97 Å². The Hall–Kier alpha value is -0.950. The number of ether oxygens (including phenoxy) is 5. The average Bonchev–Trinajstić information content (AvgIpc) is 2.43. The first kappa shape index (κ1) is 21.4. The van der Waals surface area contributed by atoms with Crippen LogP contribution in [0.25, 0.3) is 0 Å². The van der Waals surface area contributed by atoms with Crippen molar-refractivity contribution in [3.05, 3.63) is 12.2 Å². The monoisotopic (exact) mass is 292 g/mol. The zero-order valence-corrected chi connectivity index (χ0v) is 13.4. The highest BCUT2D eigenvalue weighted by molar-refractivity contribution is 5.86. The summed E-state index contributed by atoms with van der Waals surface area (Å²) in [5.41, 5.74) is 0.382. The van der Waals surface area contributed by atoms with Crippen LogP contribution in [0.4, 0.5) is 0 Å². The maximum absolute atomic E-state index is 10.9. The second-order valence-electron chi connectivity index (χ2n) is 4.19. The highest BCUT2D eigenvalue weighted by Crippen LogP contribution is 1.97. The zero-order valence-electron chi connectivity index (χ0n) is 13.4. The van der Waals surface area contributed by atoms with Crippen molar-refractivity contribution < 1.29 is 28.5 Å². The minimum atomic E-state index is -0.404. The number of carbonyl (C=O) groups excluding carboxylic acids is 1. The van der Waals surface area contributed by atoms with Crippen LogP contribution in [0.3, 0.4) is 0 Å². The van der Waals surface area contributed by atoms with Crippen molar-refractivity contribution >= 4 is 5.97 Å². The Morgan fingerprint density at radius 1 is 1.00 bits per heavy atom. The summed E-state index contributed by atoms with van der Waals surface area (Å²) in [5.74, 6) is -0.404. The van der Waals surface area contributed by atoms with Crippen molar-refractivity contribution in [2.75, 3.05) is 48.3 Å². The van der Waals surface area contributed by atoms with Crippen molar-refractivity contribution in [1.82, 2.24) is 0 Å². The van der Waals surface area contributed by atoms with Gasteiger partial charge in [-0.3, -0.25) is 0 Å². The molecule has 2 atom stereocenters. The summed E-state index contributed by atoms with van der Waals surface area (Å²) in [6.07, 6.45) is 0.0123. The van der Waals surface area contributed by atoms with E-state index in [2.05, 4.69) is 6.58 Å². The highest BCUT2D eigenvalue weighted by Gasteiger charge is 2.10. The molecule has 0 heterocycles.